The van der Waals surface area contributed by atoms with Crippen molar-refractivity contribution in [3.05, 3.63) is 69.8 Å². The molecular weight excluding hydrogens is 421 g/mol. The number of hydrogen-bond acceptors (Lipinski definition) is 2. The quantitative estimate of drug-likeness (QED) is 0.558. The van der Waals surface area contributed by atoms with Gasteiger partial charge in [0.25, 0.3) is 5.91 Å². The van der Waals surface area contributed by atoms with Crippen molar-refractivity contribution < 1.29 is 18.0 Å². The number of alkyl halides is 3. The van der Waals surface area contributed by atoms with Crippen LogP contribution in [0.3, 0.4) is 0 Å². The molecule has 27 heavy (non-hydrogen) atoms. The SMILES string of the molecule is CN(C)CCc1cn(C(=O)c2ccccc2Br)c2c(C(F)(F)F)cccc12. The molecule has 3 aromatic rings. The average Bonchev–Trinajstić information content (AvgIpc) is 2.97. The van der Waals surface area contributed by atoms with Crippen LogP contribution in [-0.2, 0) is 12.6 Å². The zero-order valence-corrected chi connectivity index (χ0v) is 16.4. The first-order valence-corrected chi connectivity index (χ1v) is 9.13. The van der Waals surface area contributed by atoms with Crippen molar-refractivity contribution in [2.75, 3.05) is 20.6 Å². The number of likely N-dealkylation sites (N-methyl/N-ethyl adjacent to an activating group) is 1. The zero-order chi connectivity index (χ0) is 19.8. The zero-order valence-electron chi connectivity index (χ0n) is 14.8. The molecule has 3 rings (SSSR count). The second-order valence-electron chi connectivity index (χ2n) is 6.56. The number of aromatic nitrogens is 1. The monoisotopic (exact) mass is 438 g/mol. The van der Waals surface area contributed by atoms with Gasteiger partial charge >= 0.3 is 6.18 Å². The van der Waals surface area contributed by atoms with Crippen LogP contribution in [0.15, 0.2) is 53.1 Å². The molecule has 7 heteroatoms. The average molecular weight is 439 g/mol. The predicted octanol–water partition coefficient (Wildman–Crippen LogP) is 5.22. The van der Waals surface area contributed by atoms with Crippen molar-refractivity contribution in [3.8, 4) is 0 Å². The molecule has 1 aromatic heterocycles. The summed E-state index contributed by atoms with van der Waals surface area (Å²) >= 11 is 3.31. The van der Waals surface area contributed by atoms with E-state index in [2.05, 4.69) is 15.9 Å². The molecule has 0 radical (unpaired) electrons. The number of rotatable bonds is 4. The Morgan fingerprint density at radius 2 is 1.81 bits per heavy atom. The van der Waals surface area contributed by atoms with Gasteiger partial charge in [-0.2, -0.15) is 13.2 Å². The topological polar surface area (TPSA) is 25.2 Å². The van der Waals surface area contributed by atoms with Gasteiger partial charge in [0.15, 0.2) is 0 Å². The highest BCUT2D eigenvalue weighted by molar-refractivity contribution is 9.10. The summed E-state index contributed by atoms with van der Waals surface area (Å²) in [5.74, 6) is -0.500. The van der Waals surface area contributed by atoms with E-state index in [1.54, 1.807) is 30.3 Å². The predicted molar refractivity (Wildman–Crippen MR) is 103 cm³/mol. The van der Waals surface area contributed by atoms with Gasteiger partial charge in [0, 0.05) is 22.6 Å². The summed E-state index contributed by atoms with van der Waals surface area (Å²) in [6.07, 6.45) is -2.48. The van der Waals surface area contributed by atoms with Crippen LogP contribution in [0.2, 0.25) is 0 Å². The van der Waals surface area contributed by atoms with E-state index < -0.39 is 17.6 Å². The first kappa shape index (κ1) is 19.6. The van der Waals surface area contributed by atoms with Crippen molar-refractivity contribution in [1.29, 1.82) is 0 Å². The molecule has 142 valence electrons. The van der Waals surface area contributed by atoms with E-state index in [0.29, 0.717) is 34.0 Å². The second-order valence-corrected chi connectivity index (χ2v) is 7.42. The molecule has 0 saturated carbocycles. The van der Waals surface area contributed by atoms with Crippen molar-refractivity contribution >= 4 is 32.7 Å². The summed E-state index contributed by atoms with van der Waals surface area (Å²) in [6, 6.07) is 10.8. The van der Waals surface area contributed by atoms with E-state index in [1.807, 2.05) is 19.0 Å². The molecule has 0 fully saturated rings. The molecule has 0 aliphatic carbocycles. The molecule has 0 aliphatic heterocycles. The number of para-hydroxylation sites is 1. The fourth-order valence-electron chi connectivity index (χ4n) is 3.05. The molecule has 3 nitrogen and oxygen atoms in total. The maximum atomic E-state index is 13.6. The van der Waals surface area contributed by atoms with E-state index >= 15 is 0 Å². The minimum absolute atomic E-state index is 0.0977. The van der Waals surface area contributed by atoms with Crippen LogP contribution < -0.4 is 0 Å². The lowest BCUT2D eigenvalue weighted by molar-refractivity contribution is -0.136. The van der Waals surface area contributed by atoms with Gasteiger partial charge in [-0.1, -0.05) is 24.3 Å². The van der Waals surface area contributed by atoms with Gasteiger partial charge in [-0.15, -0.1) is 0 Å². The van der Waals surface area contributed by atoms with Crippen LogP contribution in [0.25, 0.3) is 10.9 Å². The maximum Gasteiger partial charge on any atom is 0.418 e. The third kappa shape index (κ3) is 3.94. The number of carbonyl (C=O) groups excluding carboxylic acids is 1. The molecule has 0 amide bonds. The minimum Gasteiger partial charge on any atom is -0.309 e. The smallest absolute Gasteiger partial charge is 0.309 e. The normalized spacial score (nSPS) is 12.1. The van der Waals surface area contributed by atoms with E-state index in [-0.39, 0.29) is 5.52 Å². The molecule has 2 aromatic carbocycles. The third-order valence-electron chi connectivity index (χ3n) is 4.36. The van der Waals surface area contributed by atoms with Crippen LogP contribution in [0, 0.1) is 0 Å². The largest absolute Gasteiger partial charge is 0.418 e. The summed E-state index contributed by atoms with van der Waals surface area (Å²) in [7, 11) is 3.79. The summed E-state index contributed by atoms with van der Waals surface area (Å²) in [6.45, 7) is 0.665. The summed E-state index contributed by atoms with van der Waals surface area (Å²) in [4.78, 5) is 15.0. The Labute approximate surface area is 163 Å². The van der Waals surface area contributed by atoms with Gasteiger partial charge in [-0.3, -0.25) is 9.36 Å². The van der Waals surface area contributed by atoms with E-state index in [0.717, 1.165) is 10.6 Å². The lowest BCUT2D eigenvalue weighted by atomic mass is 10.1. The van der Waals surface area contributed by atoms with E-state index in [4.69, 9.17) is 0 Å². The third-order valence-corrected chi connectivity index (χ3v) is 5.06. The van der Waals surface area contributed by atoms with Gasteiger partial charge in [0.1, 0.15) is 0 Å². The Kier molecular flexibility index (Phi) is 5.44. The minimum atomic E-state index is -4.55. The number of hydrogen-bond donors (Lipinski definition) is 0. The molecule has 0 atom stereocenters. The van der Waals surface area contributed by atoms with Crippen LogP contribution in [0.1, 0.15) is 21.5 Å². The summed E-state index contributed by atoms with van der Waals surface area (Å²) in [5.41, 5.74) is 0.117. The van der Waals surface area contributed by atoms with Crippen molar-refractivity contribution in [2.24, 2.45) is 0 Å². The van der Waals surface area contributed by atoms with Crippen molar-refractivity contribution in [1.82, 2.24) is 9.47 Å². The molecule has 0 unspecified atom stereocenters. The van der Waals surface area contributed by atoms with Gasteiger partial charge in [0.2, 0.25) is 0 Å². The number of benzene rings is 2. The standard InChI is InChI=1S/C20H18BrF3N2O/c1-25(2)11-10-13-12-26(19(27)15-6-3-4-9-17(15)21)18-14(13)7-5-8-16(18)20(22,23)24/h3-9,12H,10-11H2,1-2H3. The molecule has 1 heterocycles. The highest BCUT2D eigenvalue weighted by atomic mass is 79.9. The molecule has 0 aliphatic rings. The molecular formula is C20H18BrF3N2O. The molecule has 0 bridgehead atoms. The Morgan fingerprint density at radius 1 is 1.11 bits per heavy atom. The first-order chi connectivity index (χ1) is 12.7. The lowest BCUT2D eigenvalue weighted by Crippen LogP contribution is -2.15. The highest BCUT2D eigenvalue weighted by Gasteiger charge is 2.35. The summed E-state index contributed by atoms with van der Waals surface area (Å²) < 4.78 is 42.5. The van der Waals surface area contributed by atoms with E-state index in [9.17, 15) is 18.0 Å². The van der Waals surface area contributed by atoms with E-state index in [1.165, 1.54) is 12.3 Å². The van der Waals surface area contributed by atoms with Gasteiger partial charge in [0.05, 0.1) is 16.6 Å². The highest BCUT2D eigenvalue weighted by Crippen LogP contribution is 2.37. The Bertz CT molecular complexity index is 993. The maximum absolute atomic E-state index is 13.6. The van der Waals surface area contributed by atoms with Crippen LogP contribution in [0.5, 0.6) is 0 Å². The van der Waals surface area contributed by atoms with Crippen LogP contribution >= 0.6 is 15.9 Å². The number of halogens is 4. The Balaban J connectivity index is 2.24. The Morgan fingerprint density at radius 3 is 2.44 bits per heavy atom. The molecule has 0 N–H and O–H groups in total. The van der Waals surface area contributed by atoms with Crippen LogP contribution in [-0.4, -0.2) is 36.0 Å². The second kappa shape index (κ2) is 7.48. The van der Waals surface area contributed by atoms with Gasteiger partial charge in [-0.25, -0.2) is 0 Å². The van der Waals surface area contributed by atoms with Gasteiger partial charge in [-0.05, 0) is 60.2 Å². The fourth-order valence-corrected chi connectivity index (χ4v) is 3.50. The van der Waals surface area contributed by atoms with Gasteiger partial charge < -0.3 is 4.90 Å². The lowest BCUT2D eigenvalue weighted by Gasteiger charge is -2.12. The number of fused-ring (bicyclic) bond motifs is 1. The van der Waals surface area contributed by atoms with Crippen molar-refractivity contribution in [2.45, 2.75) is 12.6 Å². The first-order valence-electron chi connectivity index (χ1n) is 8.34. The molecule has 0 spiro atoms. The Hall–Kier alpha value is -2.12. The number of carbonyl (C=O) groups is 1. The van der Waals surface area contributed by atoms with Crippen LogP contribution in [0.4, 0.5) is 13.2 Å². The van der Waals surface area contributed by atoms with Crippen molar-refractivity contribution in [3.63, 3.8) is 0 Å². The summed E-state index contributed by atoms with van der Waals surface area (Å²) in [5, 5.41) is 0.451. The number of nitrogens with zero attached hydrogens (tertiary/aromatic N) is 2. The molecule has 0 saturated heterocycles. The fraction of sp³-hybridized carbons (Fsp3) is 0.250.